The van der Waals surface area contributed by atoms with Crippen LogP contribution in [0.15, 0.2) is 84.9 Å². The van der Waals surface area contributed by atoms with Crippen molar-refractivity contribution < 1.29 is 4.74 Å². The van der Waals surface area contributed by atoms with E-state index in [9.17, 15) is 0 Å². The highest BCUT2D eigenvalue weighted by Gasteiger charge is 2.00. The van der Waals surface area contributed by atoms with Gasteiger partial charge in [-0.2, -0.15) is 0 Å². The Morgan fingerprint density at radius 3 is 2.07 bits per heavy atom. The summed E-state index contributed by atoms with van der Waals surface area (Å²) in [6.45, 7) is 1.41. The summed E-state index contributed by atoms with van der Waals surface area (Å²) in [5.74, 6) is 0.839. The zero-order valence-corrected chi connectivity index (χ0v) is 16.0. The molecule has 0 saturated carbocycles. The molecule has 4 heteroatoms. The fraction of sp³-hybridized carbons (Fsp3) is 0.174. The fourth-order valence-corrected chi connectivity index (χ4v) is 2.91. The van der Waals surface area contributed by atoms with Gasteiger partial charge in [-0.1, -0.05) is 60.7 Å². The Labute approximate surface area is 166 Å². The second-order valence-corrected chi connectivity index (χ2v) is 6.68. The fourth-order valence-electron chi connectivity index (χ4n) is 2.69. The van der Waals surface area contributed by atoms with Crippen LogP contribution in [0.5, 0.6) is 5.75 Å². The van der Waals surface area contributed by atoms with Gasteiger partial charge in [-0.25, -0.2) is 0 Å². The van der Waals surface area contributed by atoms with Gasteiger partial charge in [-0.3, -0.25) is 0 Å². The lowest BCUT2D eigenvalue weighted by molar-refractivity contribution is 0.306. The lowest BCUT2D eigenvalue weighted by Crippen LogP contribution is -2.29. The van der Waals surface area contributed by atoms with E-state index in [1.807, 2.05) is 48.5 Å². The predicted octanol–water partition coefficient (Wildman–Crippen LogP) is 5.18. The first-order valence-electron chi connectivity index (χ1n) is 9.15. The van der Waals surface area contributed by atoms with E-state index >= 15 is 0 Å². The Morgan fingerprint density at radius 1 is 0.778 bits per heavy atom. The minimum Gasteiger partial charge on any atom is -0.489 e. The van der Waals surface area contributed by atoms with Gasteiger partial charge in [-0.05, 0) is 60.5 Å². The first-order chi connectivity index (χ1) is 13.3. The Bertz CT molecular complexity index is 820. The maximum absolute atomic E-state index is 5.80. The van der Waals surface area contributed by atoms with Crippen LogP contribution in [0.3, 0.4) is 0 Å². The number of hydrogen-bond donors (Lipinski definition) is 2. The molecule has 0 amide bonds. The highest BCUT2D eigenvalue weighted by atomic mass is 32.1. The maximum Gasteiger partial charge on any atom is 0.170 e. The number of anilines is 1. The lowest BCUT2D eigenvalue weighted by Gasteiger charge is -2.11. The van der Waals surface area contributed by atoms with E-state index in [4.69, 9.17) is 17.0 Å². The number of rotatable bonds is 8. The van der Waals surface area contributed by atoms with Crippen LogP contribution >= 0.6 is 12.2 Å². The summed E-state index contributed by atoms with van der Waals surface area (Å²) in [5.41, 5.74) is 3.45. The van der Waals surface area contributed by atoms with Crippen LogP contribution in [0.2, 0.25) is 0 Å². The van der Waals surface area contributed by atoms with Crippen molar-refractivity contribution in [2.24, 2.45) is 0 Å². The summed E-state index contributed by atoms with van der Waals surface area (Å²) in [6.07, 6.45) is 2.09. The molecule has 0 unspecified atom stereocenters. The Morgan fingerprint density at radius 2 is 1.41 bits per heavy atom. The molecule has 27 heavy (non-hydrogen) atoms. The third-order valence-electron chi connectivity index (χ3n) is 4.13. The first kappa shape index (κ1) is 18.9. The van der Waals surface area contributed by atoms with Gasteiger partial charge < -0.3 is 15.4 Å². The molecule has 3 aromatic carbocycles. The van der Waals surface area contributed by atoms with Crippen molar-refractivity contribution in [1.29, 1.82) is 0 Å². The predicted molar refractivity (Wildman–Crippen MR) is 116 cm³/mol. The molecule has 138 valence electrons. The zero-order valence-electron chi connectivity index (χ0n) is 15.2. The summed E-state index contributed by atoms with van der Waals surface area (Å²) in [6, 6.07) is 28.5. The first-order valence-corrected chi connectivity index (χ1v) is 9.56. The molecule has 2 N–H and O–H groups in total. The third kappa shape index (κ3) is 6.76. The second-order valence-electron chi connectivity index (χ2n) is 6.27. The summed E-state index contributed by atoms with van der Waals surface area (Å²) in [4.78, 5) is 0. The monoisotopic (exact) mass is 376 g/mol. The second kappa shape index (κ2) is 10.3. The van der Waals surface area contributed by atoms with Gasteiger partial charge in [-0.15, -0.1) is 0 Å². The quantitative estimate of drug-likeness (QED) is 0.419. The molecule has 0 heterocycles. The summed E-state index contributed by atoms with van der Waals surface area (Å²) >= 11 is 5.36. The van der Waals surface area contributed by atoms with Gasteiger partial charge in [0.15, 0.2) is 5.11 Å². The number of thiocarbonyl (C=S) groups is 1. The average molecular weight is 377 g/mol. The zero-order chi connectivity index (χ0) is 18.7. The van der Waals surface area contributed by atoms with Crippen molar-refractivity contribution in [2.75, 3.05) is 11.9 Å². The Balaban J connectivity index is 1.36. The largest absolute Gasteiger partial charge is 0.489 e. The van der Waals surface area contributed by atoms with Gasteiger partial charge in [0.25, 0.3) is 0 Å². The molecule has 0 spiro atoms. The van der Waals surface area contributed by atoms with E-state index in [1.54, 1.807) is 0 Å². The van der Waals surface area contributed by atoms with E-state index in [0.29, 0.717) is 11.7 Å². The summed E-state index contributed by atoms with van der Waals surface area (Å²) in [5, 5.41) is 7.10. The third-order valence-corrected chi connectivity index (χ3v) is 4.38. The van der Waals surface area contributed by atoms with Crippen molar-refractivity contribution in [3.05, 3.63) is 96.1 Å². The molecule has 3 nitrogen and oxygen atoms in total. The van der Waals surface area contributed by atoms with Crippen molar-refractivity contribution in [1.82, 2.24) is 5.32 Å². The van der Waals surface area contributed by atoms with Gasteiger partial charge in [0, 0.05) is 12.2 Å². The standard InChI is InChI=1S/C23H24N2OS/c27-23(24-17-7-12-19-8-3-1-4-9-19)25-21-13-15-22(16-14-21)26-18-20-10-5-2-6-11-20/h1-6,8-11,13-16H,7,12,17-18H2,(H2,24,25,27). The molecule has 0 aliphatic heterocycles. The van der Waals surface area contributed by atoms with Crippen molar-refractivity contribution in [3.63, 3.8) is 0 Å². The number of nitrogens with one attached hydrogen (secondary N) is 2. The Kier molecular flexibility index (Phi) is 7.25. The van der Waals surface area contributed by atoms with Crippen LogP contribution in [0.4, 0.5) is 5.69 Å². The molecule has 0 aromatic heterocycles. The normalized spacial score (nSPS) is 10.2. The minimum absolute atomic E-state index is 0.564. The summed E-state index contributed by atoms with van der Waals surface area (Å²) < 4.78 is 5.80. The number of aryl methyl sites for hydroxylation is 1. The highest BCUT2D eigenvalue weighted by molar-refractivity contribution is 7.80. The van der Waals surface area contributed by atoms with E-state index in [1.165, 1.54) is 5.56 Å². The molecule has 0 aliphatic rings. The van der Waals surface area contributed by atoms with Gasteiger partial charge in [0.2, 0.25) is 0 Å². The van der Waals surface area contributed by atoms with Gasteiger partial charge >= 0.3 is 0 Å². The number of ether oxygens (including phenoxy) is 1. The van der Waals surface area contributed by atoms with Gasteiger partial charge in [0.1, 0.15) is 12.4 Å². The maximum atomic E-state index is 5.80. The van der Waals surface area contributed by atoms with Crippen LogP contribution in [0, 0.1) is 0 Å². The number of benzene rings is 3. The van der Waals surface area contributed by atoms with Crippen LogP contribution in [0.1, 0.15) is 17.5 Å². The van der Waals surface area contributed by atoms with Crippen molar-refractivity contribution in [3.8, 4) is 5.75 Å². The SMILES string of the molecule is S=C(NCCCc1ccccc1)Nc1ccc(OCc2ccccc2)cc1. The molecular formula is C23H24N2OS. The number of hydrogen-bond acceptors (Lipinski definition) is 2. The van der Waals surface area contributed by atoms with Crippen molar-refractivity contribution >= 4 is 23.0 Å². The minimum atomic E-state index is 0.564. The van der Waals surface area contributed by atoms with E-state index in [2.05, 4.69) is 47.0 Å². The molecule has 3 rings (SSSR count). The molecular weight excluding hydrogens is 352 g/mol. The molecule has 0 bridgehead atoms. The molecule has 0 saturated heterocycles. The smallest absolute Gasteiger partial charge is 0.170 e. The molecule has 3 aromatic rings. The molecule has 0 aliphatic carbocycles. The summed E-state index contributed by atoms with van der Waals surface area (Å²) in [7, 11) is 0. The van der Waals surface area contributed by atoms with E-state index < -0.39 is 0 Å². The lowest BCUT2D eigenvalue weighted by atomic mass is 10.1. The molecule has 0 fully saturated rings. The average Bonchev–Trinajstić information content (AvgIpc) is 2.72. The highest BCUT2D eigenvalue weighted by Crippen LogP contribution is 2.17. The van der Waals surface area contributed by atoms with E-state index in [-0.39, 0.29) is 0 Å². The molecule has 0 atom stereocenters. The van der Waals surface area contributed by atoms with Crippen LogP contribution in [-0.4, -0.2) is 11.7 Å². The van der Waals surface area contributed by atoms with E-state index in [0.717, 1.165) is 36.4 Å². The topological polar surface area (TPSA) is 33.3 Å². The van der Waals surface area contributed by atoms with Crippen LogP contribution in [0.25, 0.3) is 0 Å². The van der Waals surface area contributed by atoms with Gasteiger partial charge in [0.05, 0.1) is 0 Å². The Hall–Kier alpha value is -2.85. The molecule has 0 radical (unpaired) electrons. The van der Waals surface area contributed by atoms with Crippen molar-refractivity contribution in [2.45, 2.75) is 19.4 Å². The van der Waals surface area contributed by atoms with Crippen LogP contribution in [-0.2, 0) is 13.0 Å². The van der Waals surface area contributed by atoms with Crippen LogP contribution < -0.4 is 15.4 Å².